The second-order valence-corrected chi connectivity index (χ2v) is 10.0. The molecule has 1 aromatic heterocycles. The summed E-state index contributed by atoms with van der Waals surface area (Å²) in [5.74, 6) is 0.433. The summed E-state index contributed by atoms with van der Waals surface area (Å²) in [4.78, 5) is 31.5. The molecule has 0 unspecified atom stereocenters. The van der Waals surface area contributed by atoms with E-state index in [2.05, 4.69) is 33.8 Å². The molecule has 12 heteroatoms. The number of carbonyl (C=O) groups is 1. The van der Waals surface area contributed by atoms with Gasteiger partial charge in [0.2, 0.25) is 5.88 Å². The van der Waals surface area contributed by atoms with Crippen molar-refractivity contribution >= 4 is 11.6 Å². The predicted octanol–water partition coefficient (Wildman–Crippen LogP) is 1.89. The molecule has 0 atom stereocenters. The fourth-order valence-electron chi connectivity index (χ4n) is 5.35. The van der Waals surface area contributed by atoms with Crippen molar-refractivity contribution in [2.75, 3.05) is 20.3 Å². The molecule has 0 saturated heterocycles. The summed E-state index contributed by atoms with van der Waals surface area (Å²) in [5.41, 5.74) is 14.2. The van der Waals surface area contributed by atoms with E-state index in [1.807, 2.05) is 45.9 Å². The van der Waals surface area contributed by atoms with Crippen LogP contribution in [0.25, 0.3) is 11.3 Å². The summed E-state index contributed by atoms with van der Waals surface area (Å²) < 4.78 is 14.7. The molecule has 5 N–H and O–H groups in total. The highest BCUT2D eigenvalue weighted by Gasteiger charge is 2.23. The van der Waals surface area contributed by atoms with Crippen LogP contribution in [0.1, 0.15) is 29.2 Å². The minimum Gasteiger partial charge on any atom is -0.493 e. The molecule has 3 aromatic rings. The summed E-state index contributed by atoms with van der Waals surface area (Å²) in [6.07, 6.45) is 0.648. The van der Waals surface area contributed by atoms with E-state index in [0.717, 1.165) is 39.2 Å². The summed E-state index contributed by atoms with van der Waals surface area (Å²) in [7, 11) is 1.60. The number of hydrogen-bond acceptors (Lipinski definition) is 9. The highest BCUT2D eigenvalue weighted by molar-refractivity contribution is 5.93. The molecule has 0 radical (unpaired) electrons. The summed E-state index contributed by atoms with van der Waals surface area (Å²) in [5, 5.41) is 12.5. The lowest BCUT2D eigenvalue weighted by molar-refractivity contribution is -0.118. The normalized spacial score (nSPS) is 14.2. The van der Waals surface area contributed by atoms with Crippen LogP contribution in [-0.2, 0) is 24.3 Å². The van der Waals surface area contributed by atoms with Crippen LogP contribution < -0.4 is 42.4 Å². The first-order chi connectivity index (χ1) is 19.7. The van der Waals surface area contributed by atoms with Gasteiger partial charge in [0, 0.05) is 31.3 Å². The number of aliphatic hydroxyl groups is 1. The number of aromatic nitrogens is 2. The van der Waals surface area contributed by atoms with Gasteiger partial charge in [-0.3, -0.25) is 24.8 Å². The molecular formula is C29H35N7O5. The van der Waals surface area contributed by atoms with Crippen molar-refractivity contribution in [3.05, 3.63) is 80.1 Å². The van der Waals surface area contributed by atoms with Gasteiger partial charge in [-0.25, -0.2) is 9.79 Å². The lowest BCUT2D eigenvalue weighted by Gasteiger charge is -2.25. The molecule has 0 spiro atoms. The Morgan fingerprint density at radius 3 is 2.51 bits per heavy atom. The number of aliphatic hydroxyl groups excluding tert-OH is 1. The second kappa shape index (κ2) is 11.4. The quantitative estimate of drug-likeness (QED) is 0.281. The number of rotatable bonds is 8. The first kappa shape index (κ1) is 27.8. The summed E-state index contributed by atoms with van der Waals surface area (Å²) >= 11 is 0. The maximum absolute atomic E-state index is 14.0. The van der Waals surface area contributed by atoms with Gasteiger partial charge in [0.1, 0.15) is 5.49 Å². The molecular weight excluding hydrogens is 526 g/mol. The second-order valence-electron chi connectivity index (χ2n) is 10.0. The van der Waals surface area contributed by atoms with Gasteiger partial charge in [-0.2, -0.15) is 0 Å². The fourth-order valence-corrected chi connectivity index (χ4v) is 5.35. The Balaban J connectivity index is 1.62. The van der Waals surface area contributed by atoms with Crippen LogP contribution in [0, 0.1) is 20.8 Å². The van der Waals surface area contributed by atoms with Gasteiger partial charge in [-0.1, -0.05) is 17.7 Å². The first-order valence-corrected chi connectivity index (χ1v) is 13.5. The lowest BCUT2D eigenvalue weighted by atomic mass is 9.97. The van der Waals surface area contributed by atoms with Crippen molar-refractivity contribution in [2.45, 2.75) is 47.2 Å². The Morgan fingerprint density at radius 1 is 1.10 bits per heavy atom. The van der Waals surface area contributed by atoms with Crippen LogP contribution >= 0.6 is 0 Å². The number of nitrogens with zero attached hydrogens (tertiary/aromatic N) is 3. The molecule has 3 heterocycles. The smallest absolute Gasteiger partial charge is 0.330 e. The van der Waals surface area contributed by atoms with Crippen molar-refractivity contribution in [2.24, 2.45) is 4.99 Å². The summed E-state index contributed by atoms with van der Waals surface area (Å²) in [6.45, 7) is 9.26. The molecule has 2 aliphatic heterocycles. The van der Waals surface area contributed by atoms with E-state index >= 15 is 0 Å². The number of aryl methyl sites for hydroxylation is 4. The molecule has 0 bridgehead atoms. The van der Waals surface area contributed by atoms with E-state index in [9.17, 15) is 14.7 Å². The monoisotopic (exact) mass is 561 g/mol. The van der Waals surface area contributed by atoms with Gasteiger partial charge in [-0.15, -0.1) is 5.53 Å². The minimum atomic E-state index is -0.520. The standard InChI is InChI=1S/C29H35N7O5/c1-6-41-23-13-19-7-9-35-21(20(19)14-22(23)40-5)15-24(31-25-17(3)11-16(2)12-18(25)4)36(29(35)39)10-8-30-27(37)26-28(38)33-34-32-26/h11-15,32-34,38H,6-10H2,1-5H3,(H,30,37)/b31-24+. The van der Waals surface area contributed by atoms with Crippen LogP contribution in [0.15, 0.2) is 51.7 Å². The Bertz CT molecular complexity index is 1660. The van der Waals surface area contributed by atoms with E-state index in [1.165, 1.54) is 0 Å². The Morgan fingerprint density at radius 2 is 1.85 bits per heavy atom. The third-order valence-corrected chi connectivity index (χ3v) is 7.18. The number of benzene rings is 2. The van der Waals surface area contributed by atoms with E-state index < -0.39 is 5.91 Å². The zero-order valence-corrected chi connectivity index (χ0v) is 23.8. The first-order valence-electron chi connectivity index (χ1n) is 13.5. The Kier molecular flexibility index (Phi) is 7.75. The van der Waals surface area contributed by atoms with Gasteiger partial charge in [0.05, 0.1) is 25.1 Å². The summed E-state index contributed by atoms with van der Waals surface area (Å²) in [6, 6.07) is 9.94. The van der Waals surface area contributed by atoms with Gasteiger partial charge in [-0.05, 0) is 62.9 Å². The zero-order valence-electron chi connectivity index (χ0n) is 23.8. The molecule has 216 valence electrons. The van der Waals surface area contributed by atoms with Crippen LogP contribution in [0.4, 0.5) is 5.69 Å². The molecule has 0 saturated carbocycles. The molecule has 2 aliphatic rings. The minimum absolute atomic E-state index is 0.0371. The SMILES string of the molecule is CCOc1cc2c(cc1OC)-c1c/c(=N\c3c(C)cc(C)cc3C)n(CCNC(=O)C3=C(O)NNN3)c(=O)n1CC2. The molecule has 12 nitrogen and oxygen atoms in total. The number of hydrazine groups is 2. The maximum atomic E-state index is 14.0. The van der Waals surface area contributed by atoms with Crippen LogP contribution in [-0.4, -0.2) is 40.4 Å². The maximum Gasteiger partial charge on any atom is 0.330 e. The van der Waals surface area contributed by atoms with Gasteiger partial charge >= 0.3 is 5.69 Å². The number of fused-ring (bicyclic) bond motifs is 3. The van der Waals surface area contributed by atoms with E-state index in [1.54, 1.807) is 16.2 Å². The third kappa shape index (κ3) is 5.38. The van der Waals surface area contributed by atoms with Crippen LogP contribution in [0.3, 0.4) is 0 Å². The van der Waals surface area contributed by atoms with Gasteiger partial charge in [0.25, 0.3) is 5.91 Å². The van der Waals surface area contributed by atoms with Crippen LogP contribution in [0.5, 0.6) is 11.5 Å². The van der Waals surface area contributed by atoms with Crippen molar-refractivity contribution in [3.63, 3.8) is 0 Å². The zero-order chi connectivity index (χ0) is 29.3. The number of carbonyl (C=O) groups excluding carboxylic acids is 1. The topological polar surface area (TPSA) is 143 Å². The molecule has 1 amide bonds. The highest BCUT2D eigenvalue weighted by Crippen LogP contribution is 2.37. The highest BCUT2D eigenvalue weighted by atomic mass is 16.5. The van der Waals surface area contributed by atoms with Gasteiger partial charge < -0.3 is 19.9 Å². The average molecular weight is 562 g/mol. The van der Waals surface area contributed by atoms with E-state index in [0.29, 0.717) is 36.6 Å². The van der Waals surface area contributed by atoms with Crippen molar-refractivity contribution < 1.29 is 19.4 Å². The molecule has 0 aliphatic carbocycles. The van der Waals surface area contributed by atoms with E-state index in [4.69, 9.17) is 14.5 Å². The van der Waals surface area contributed by atoms with Gasteiger partial charge in [0.15, 0.2) is 17.2 Å². The Labute approximate surface area is 237 Å². The molecule has 2 aromatic carbocycles. The van der Waals surface area contributed by atoms with Crippen molar-refractivity contribution in [1.29, 1.82) is 0 Å². The number of nitrogens with one attached hydrogen (secondary N) is 4. The number of methoxy groups -OCH3 is 1. The molecule has 41 heavy (non-hydrogen) atoms. The molecule has 0 fully saturated rings. The fraction of sp³-hybridized carbons (Fsp3) is 0.345. The molecule has 5 rings (SSSR count). The number of ether oxygens (including phenoxy) is 2. The van der Waals surface area contributed by atoms with E-state index in [-0.39, 0.29) is 30.4 Å². The largest absolute Gasteiger partial charge is 0.493 e. The predicted molar refractivity (Wildman–Crippen MR) is 154 cm³/mol. The Hall–Kier alpha value is -4.71. The van der Waals surface area contributed by atoms with Crippen molar-refractivity contribution in [3.8, 4) is 22.8 Å². The lowest BCUT2D eigenvalue weighted by Crippen LogP contribution is -2.44. The third-order valence-electron chi connectivity index (χ3n) is 7.18. The number of amides is 1. The van der Waals surface area contributed by atoms with Crippen molar-refractivity contribution in [1.82, 2.24) is 30.8 Å². The average Bonchev–Trinajstić information content (AvgIpc) is 3.37. The number of hydrogen-bond donors (Lipinski definition) is 5. The van der Waals surface area contributed by atoms with Crippen LogP contribution in [0.2, 0.25) is 0 Å².